The van der Waals surface area contributed by atoms with Crippen LogP contribution in [0.5, 0.6) is 0 Å². The Bertz CT molecular complexity index is 533. The average molecular weight is 335 g/mol. The van der Waals surface area contributed by atoms with Crippen LogP contribution < -0.4 is 5.32 Å². The van der Waals surface area contributed by atoms with E-state index in [2.05, 4.69) is 27.3 Å². The molecular formula is C17H29N5O2. The first kappa shape index (κ1) is 17.2. The number of likely N-dealkylation sites (N-methyl/N-ethyl adjacent to an activating group) is 1. The molecule has 1 saturated heterocycles. The van der Waals surface area contributed by atoms with Crippen molar-refractivity contribution in [1.29, 1.82) is 0 Å². The van der Waals surface area contributed by atoms with E-state index in [0.717, 1.165) is 51.4 Å². The van der Waals surface area contributed by atoms with Gasteiger partial charge in [-0.1, -0.05) is 31.3 Å². The fourth-order valence-corrected chi connectivity index (χ4v) is 3.56. The number of nitrogens with one attached hydrogen (secondary N) is 1. The number of urea groups is 1. The van der Waals surface area contributed by atoms with Crippen molar-refractivity contribution in [3.05, 3.63) is 11.7 Å². The van der Waals surface area contributed by atoms with Crippen LogP contribution in [0.2, 0.25) is 0 Å². The van der Waals surface area contributed by atoms with E-state index in [4.69, 9.17) is 4.52 Å². The van der Waals surface area contributed by atoms with Gasteiger partial charge in [0.25, 0.3) is 0 Å². The Hall–Kier alpha value is -1.63. The summed E-state index contributed by atoms with van der Waals surface area (Å²) < 4.78 is 5.40. The summed E-state index contributed by atoms with van der Waals surface area (Å²) in [5.74, 6) is 1.74. The maximum Gasteiger partial charge on any atom is 0.318 e. The van der Waals surface area contributed by atoms with Gasteiger partial charge >= 0.3 is 6.03 Å². The van der Waals surface area contributed by atoms with Crippen molar-refractivity contribution in [1.82, 2.24) is 25.3 Å². The Morgan fingerprint density at radius 3 is 2.62 bits per heavy atom. The third-order valence-electron chi connectivity index (χ3n) is 5.24. The second-order valence-corrected chi connectivity index (χ2v) is 6.92. The summed E-state index contributed by atoms with van der Waals surface area (Å²) in [6.45, 7) is 8.50. The normalized spacial score (nSPS) is 21.7. The van der Waals surface area contributed by atoms with Crippen LogP contribution in [0.3, 0.4) is 0 Å². The lowest BCUT2D eigenvalue weighted by Crippen LogP contribution is -2.51. The van der Waals surface area contributed by atoms with Crippen molar-refractivity contribution in [2.75, 3.05) is 32.7 Å². The first-order valence-electron chi connectivity index (χ1n) is 9.28. The summed E-state index contributed by atoms with van der Waals surface area (Å²) in [5, 5.41) is 7.13. The minimum atomic E-state index is -0.258. The molecule has 7 nitrogen and oxygen atoms in total. The smallest absolute Gasteiger partial charge is 0.318 e. The minimum Gasteiger partial charge on any atom is -0.337 e. The van der Waals surface area contributed by atoms with Crippen LogP contribution in [-0.4, -0.2) is 58.7 Å². The number of piperazine rings is 1. The summed E-state index contributed by atoms with van der Waals surface area (Å²) in [4.78, 5) is 21.1. The minimum absolute atomic E-state index is 0.0457. The molecule has 2 fully saturated rings. The zero-order valence-corrected chi connectivity index (χ0v) is 14.8. The van der Waals surface area contributed by atoms with Crippen LogP contribution in [0, 0.1) is 0 Å². The molecule has 1 aliphatic heterocycles. The van der Waals surface area contributed by atoms with E-state index in [0.29, 0.717) is 11.8 Å². The molecule has 7 heteroatoms. The molecule has 0 spiro atoms. The SMILES string of the molecule is CCN1CCN(C(=O)N[C@H](C)c2nc(C3CCCCC3)no2)CC1. The highest BCUT2D eigenvalue weighted by Crippen LogP contribution is 2.31. The molecule has 0 radical (unpaired) electrons. The Morgan fingerprint density at radius 1 is 1.25 bits per heavy atom. The first-order chi connectivity index (χ1) is 11.7. The Balaban J connectivity index is 1.52. The maximum absolute atomic E-state index is 12.4. The van der Waals surface area contributed by atoms with Gasteiger partial charge in [-0.3, -0.25) is 0 Å². The first-order valence-corrected chi connectivity index (χ1v) is 9.28. The van der Waals surface area contributed by atoms with Crippen LogP contribution >= 0.6 is 0 Å². The van der Waals surface area contributed by atoms with Gasteiger partial charge < -0.3 is 19.6 Å². The van der Waals surface area contributed by atoms with Gasteiger partial charge in [0.1, 0.15) is 6.04 Å². The Kier molecular flexibility index (Phi) is 5.71. The van der Waals surface area contributed by atoms with Gasteiger partial charge in [0.05, 0.1) is 0 Å². The molecule has 0 unspecified atom stereocenters. The van der Waals surface area contributed by atoms with E-state index in [1.54, 1.807) is 0 Å². The lowest BCUT2D eigenvalue weighted by atomic mass is 9.89. The second-order valence-electron chi connectivity index (χ2n) is 6.92. The van der Waals surface area contributed by atoms with E-state index in [9.17, 15) is 4.79 Å². The molecule has 0 aromatic carbocycles. The zero-order valence-electron chi connectivity index (χ0n) is 14.8. The number of nitrogens with zero attached hydrogens (tertiary/aromatic N) is 4. The summed E-state index contributed by atoms with van der Waals surface area (Å²) >= 11 is 0. The zero-order chi connectivity index (χ0) is 16.9. The van der Waals surface area contributed by atoms with E-state index < -0.39 is 0 Å². The molecule has 1 aliphatic carbocycles. The summed E-state index contributed by atoms with van der Waals surface area (Å²) in [5.41, 5.74) is 0. The van der Waals surface area contributed by atoms with Crippen molar-refractivity contribution < 1.29 is 9.32 Å². The number of carbonyl (C=O) groups excluding carboxylic acids is 1. The van der Waals surface area contributed by atoms with Gasteiger partial charge in [-0.2, -0.15) is 4.98 Å². The van der Waals surface area contributed by atoms with Gasteiger partial charge in [0, 0.05) is 32.1 Å². The van der Waals surface area contributed by atoms with Crippen molar-refractivity contribution in [3.63, 3.8) is 0 Å². The molecule has 24 heavy (non-hydrogen) atoms. The second kappa shape index (κ2) is 7.96. The van der Waals surface area contributed by atoms with E-state index in [1.165, 1.54) is 19.3 Å². The summed E-state index contributed by atoms with van der Waals surface area (Å²) in [7, 11) is 0. The summed E-state index contributed by atoms with van der Waals surface area (Å²) in [6.07, 6.45) is 6.07. The predicted octanol–water partition coefficient (Wildman–Crippen LogP) is 2.53. The lowest BCUT2D eigenvalue weighted by molar-refractivity contribution is 0.140. The monoisotopic (exact) mass is 335 g/mol. The molecule has 1 saturated carbocycles. The van der Waals surface area contributed by atoms with Gasteiger partial charge in [0.2, 0.25) is 5.89 Å². The fourth-order valence-electron chi connectivity index (χ4n) is 3.56. The average Bonchev–Trinajstić information content (AvgIpc) is 3.13. The van der Waals surface area contributed by atoms with Gasteiger partial charge in [-0.05, 0) is 26.3 Å². The fraction of sp³-hybridized carbons (Fsp3) is 0.824. The summed E-state index contributed by atoms with van der Waals surface area (Å²) in [6, 6.07) is -0.304. The van der Waals surface area contributed by atoms with Crippen molar-refractivity contribution in [2.45, 2.75) is 57.9 Å². The lowest BCUT2D eigenvalue weighted by Gasteiger charge is -2.34. The van der Waals surface area contributed by atoms with Crippen LogP contribution in [0.1, 0.15) is 69.6 Å². The molecule has 1 atom stereocenters. The van der Waals surface area contributed by atoms with Crippen LogP contribution in [-0.2, 0) is 0 Å². The van der Waals surface area contributed by atoms with Gasteiger partial charge in [0.15, 0.2) is 5.82 Å². The molecule has 1 aromatic heterocycles. The molecule has 2 amide bonds. The molecule has 1 aromatic rings. The van der Waals surface area contributed by atoms with Crippen molar-refractivity contribution >= 4 is 6.03 Å². The third kappa shape index (κ3) is 4.06. The molecule has 2 heterocycles. The highest BCUT2D eigenvalue weighted by Gasteiger charge is 2.25. The Labute approximate surface area is 143 Å². The van der Waals surface area contributed by atoms with Crippen molar-refractivity contribution in [2.24, 2.45) is 0 Å². The quantitative estimate of drug-likeness (QED) is 0.915. The molecule has 1 N–H and O–H groups in total. The largest absolute Gasteiger partial charge is 0.337 e. The molecule has 3 rings (SSSR count). The number of hydrogen-bond donors (Lipinski definition) is 1. The van der Waals surface area contributed by atoms with Crippen LogP contribution in [0.25, 0.3) is 0 Å². The number of hydrogen-bond acceptors (Lipinski definition) is 5. The number of carbonyl (C=O) groups is 1. The van der Waals surface area contributed by atoms with Crippen molar-refractivity contribution in [3.8, 4) is 0 Å². The van der Waals surface area contributed by atoms with Gasteiger partial charge in [-0.15, -0.1) is 0 Å². The third-order valence-corrected chi connectivity index (χ3v) is 5.24. The highest BCUT2D eigenvalue weighted by molar-refractivity contribution is 5.74. The molecule has 134 valence electrons. The van der Waals surface area contributed by atoms with E-state index >= 15 is 0 Å². The number of amides is 2. The highest BCUT2D eigenvalue weighted by atomic mass is 16.5. The van der Waals surface area contributed by atoms with Crippen LogP contribution in [0.15, 0.2) is 4.52 Å². The molecular weight excluding hydrogens is 306 g/mol. The van der Waals surface area contributed by atoms with Gasteiger partial charge in [-0.25, -0.2) is 4.79 Å². The molecule has 2 aliphatic rings. The van der Waals surface area contributed by atoms with Crippen LogP contribution in [0.4, 0.5) is 4.79 Å². The maximum atomic E-state index is 12.4. The number of aromatic nitrogens is 2. The van der Waals surface area contributed by atoms with E-state index in [1.807, 2.05) is 11.8 Å². The Morgan fingerprint density at radius 2 is 1.96 bits per heavy atom. The molecule has 0 bridgehead atoms. The van der Waals surface area contributed by atoms with E-state index in [-0.39, 0.29) is 12.1 Å². The predicted molar refractivity (Wildman–Crippen MR) is 90.8 cm³/mol. The topological polar surface area (TPSA) is 74.5 Å². The number of rotatable bonds is 4. The standard InChI is InChI=1S/C17H29N5O2/c1-3-21-9-11-22(12-10-21)17(23)18-13(2)16-19-15(20-24-16)14-7-5-4-6-8-14/h13-14H,3-12H2,1-2H3,(H,18,23)/t13-/m1/s1.